The van der Waals surface area contributed by atoms with E-state index in [9.17, 15) is 0 Å². The topological polar surface area (TPSA) is 33.7 Å². The molecule has 2 rings (SSSR count). The van der Waals surface area contributed by atoms with Gasteiger partial charge in [0.2, 0.25) is 0 Å². The fourth-order valence-corrected chi connectivity index (χ4v) is 3.29. The lowest BCUT2D eigenvalue weighted by Gasteiger charge is -2.38. The minimum Gasteiger partial charge on any atom is -0.381 e. The van der Waals surface area contributed by atoms with Crippen LogP contribution >= 0.6 is 0 Å². The molecule has 0 aromatic carbocycles. The van der Waals surface area contributed by atoms with Gasteiger partial charge in [0, 0.05) is 44.8 Å². The second kappa shape index (κ2) is 6.85. The second-order valence-electron chi connectivity index (χ2n) is 5.76. The van der Waals surface area contributed by atoms with Crippen LogP contribution < -0.4 is 5.32 Å². The summed E-state index contributed by atoms with van der Waals surface area (Å²) in [4.78, 5) is 2.60. The Morgan fingerprint density at radius 3 is 2.72 bits per heavy atom. The Kier molecular flexibility index (Phi) is 5.42. The van der Waals surface area contributed by atoms with Gasteiger partial charge in [-0.3, -0.25) is 0 Å². The fourth-order valence-electron chi connectivity index (χ4n) is 3.29. The Hall–Kier alpha value is -0.160. The molecule has 2 aliphatic heterocycles. The minimum atomic E-state index is 0.340. The molecule has 0 saturated carbocycles. The molecule has 18 heavy (non-hydrogen) atoms. The van der Waals surface area contributed by atoms with Gasteiger partial charge in [-0.05, 0) is 33.2 Å². The Balaban J connectivity index is 1.79. The zero-order chi connectivity index (χ0) is 12.8. The Morgan fingerprint density at radius 2 is 2.17 bits per heavy atom. The summed E-state index contributed by atoms with van der Waals surface area (Å²) < 4.78 is 11.3. The van der Waals surface area contributed by atoms with Gasteiger partial charge in [0.1, 0.15) is 0 Å². The first-order chi connectivity index (χ1) is 8.78. The van der Waals surface area contributed by atoms with Crippen molar-refractivity contribution in [2.75, 3.05) is 53.0 Å². The molecule has 1 N–H and O–H groups in total. The van der Waals surface area contributed by atoms with Crippen LogP contribution in [0.1, 0.15) is 26.2 Å². The maximum Gasteiger partial charge on any atom is 0.0599 e. The molecule has 4 heteroatoms. The van der Waals surface area contributed by atoms with Gasteiger partial charge >= 0.3 is 0 Å². The summed E-state index contributed by atoms with van der Waals surface area (Å²) in [6.45, 7) is 9.38. The number of hydrogen-bond donors (Lipinski definition) is 1. The van der Waals surface area contributed by atoms with Gasteiger partial charge in [0.15, 0.2) is 0 Å². The lowest BCUT2D eigenvalue weighted by Crippen LogP contribution is -2.47. The van der Waals surface area contributed by atoms with Gasteiger partial charge < -0.3 is 19.7 Å². The summed E-state index contributed by atoms with van der Waals surface area (Å²) in [6, 6.07) is 0. The van der Waals surface area contributed by atoms with E-state index in [4.69, 9.17) is 9.47 Å². The number of hydrogen-bond acceptors (Lipinski definition) is 4. The molecule has 1 atom stereocenters. The van der Waals surface area contributed by atoms with E-state index in [1.807, 2.05) is 7.05 Å². The van der Waals surface area contributed by atoms with Crippen molar-refractivity contribution >= 4 is 0 Å². The largest absolute Gasteiger partial charge is 0.381 e. The molecule has 106 valence electrons. The lowest BCUT2D eigenvalue weighted by molar-refractivity contribution is 0.00275. The van der Waals surface area contributed by atoms with Crippen molar-refractivity contribution in [3.8, 4) is 0 Å². The predicted molar refractivity (Wildman–Crippen MR) is 72.9 cm³/mol. The minimum absolute atomic E-state index is 0.340. The van der Waals surface area contributed by atoms with E-state index >= 15 is 0 Å². The smallest absolute Gasteiger partial charge is 0.0599 e. The summed E-state index contributed by atoms with van der Waals surface area (Å²) in [5.74, 6) is 0. The number of rotatable bonds is 6. The summed E-state index contributed by atoms with van der Waals surface area (Å²) in [6.07, 6.45) is 4.06. The summed E-state index contributed by atoms with van der Waals surface area (Å²) >= 11 is 0. The highest BCUT2D eigenvalue weighted by molar-refractivity contribution is 4.89. The molecule has 0 bridgehead atoms. The third kappa shape index (κ3) is 3.67. The SMILES string of the molecule is CCOC1CCN(CC2(CNC)CCOC2)CC1. The molecular weight excluding hydrogens is 228 g/mol. The van der Waals surface area contributed by atoms with E-state index in [0.717, 1.165) is 26.4 Å². The Bertz CT molecular complexity index is 234. The van der Waals surface area contributed by atoms with Crippen LogP contribution in [-0.2, 0) is 9.47 Å². The fraction of sp³-hybridized carbons (Fsp3) is 1.00. The van der Waals surface area contributed by atoms with Gasteiger partial charge in [-0.25, -0.2) is 0 Å². The molecule has 2 saturated heterocycles. The molecule has 0 radical (unpaired) electrons. The highest BCUT2D eigenvalue weighted by Crippen LogP contribution is 2.30. The highest BCUT2D eigenvalue weighted by Gasteiger charge is 2.36. The average Bonchev–Trinajstić information content (AvgIpc) is 2.81. The molecule has 0 aromatic rings. The number of ether oxygens (including phenoxy) is 2. The van der Waals surface area contributed by atoms with Gasteiger partial charge in [-0.1, -0.05) is 0 Å². The van der Waals surface area contributed by atoms with Crippen molar-refractivity contribution in [3.05, 3.63) is 0 Å². The number of piperidine rings is 1. The van der Waals surface area contributed by atoms with E-state index in [-0.39, 0.29) is 0 Å². The van der Waals surface area contributed by atoms with Crippen molar-refractivity contribution in [3.63, 3.8) is 0 Å². The number of likely N-dealkylation sites (tertiary alicyclic amines) is 1. The molecule has 2 aliphatic rings. The quantitative estimate of drug-likeness (QED) is 0.772. The molecule has 0 amide bonds. The van der Waals surface area contributed by atoms with Crippen molar-refractivity contribution in [2.24, 2.45) is 5.41 Å². The third-order valence-corrected chi connectivity index (χ3v) is 4.23. The van der Waals surface area contributed by atoms with E-state index in [2.05, 4.69) is 17.1 Å². The van der Waals surface area contributed by atoms with Crippen molar-refractivity contribution in [2.45, 2.75) is 32.3 Å². The first-order valence-electron chi connectivity index (χ1n) is 7.34. The van der Waals surface area contributed by atoms with Gasteiger partial charge in [-0.15, -0.1) is 0 Å². The van der Waals surface area contributed by atoms with E-state index in [0.29, 0.717) is 11.5 Å². The molecule has 2 fully saturated rings. The molecule has 0 aliphatic carbocycles. The molecule has 1 unspecified atom stereocenters. The first kappa shape index (κ1) is 14.3. The van der Waals surface area contributed by atoms with Crippen molar-refractivity contribution in [1.82, 2.24) is 10.2 Å². The van der Waals surface area contributed by atoms with Crippen LogP contribution in [0, 0.1) is 5.41 Å². The van der Waals surface area contributed by atoms with Crippen LogP contribution in [-0.4, -0.2) is 64.1 Å². The first-order valence-corrected chi connectivity index (χ1v) is 7.34. The maximum atomic E-state index is 5.71. The summed E-state index contributed by atoms with van der Waals surface area (Å²) in [5.41, 5.74) is 0.340. The van der Waals surface area contributed by atoms with Crippen molar-refractivity contribution < 1.29 is 9.47 Å². The van der Waals surface area contributed by atoms with E-state index in [1.54, 1.807) is 0 Å². The molecule has 0 spiro atoms. The van der Waals surface area contributed by atoms with E-state index < -0.39 is 0 Å². The van der Waals surface area contributed by atoms with E-state index in [1.165, 1.54) is 38.9 Å². The van der Waals surface area contributed by atoms with Gasteiger partial charge in [-0.2, -0.15) is 0 Å². The zero-order valence-corrected chi connectivity index (χ0v) is 11.9. The van der Waals surface area contributed by atoms with Crippen LogP contribution in [0.4, 0.5) is 0 Å². The Labute approximate surface area is 111 Å². The molecule has 2 heterocycles. The van der Waals surface area contributed by atoms with Crippen LogP contribution in [0.5, 0.6) is 0 Å². The van der Waals surface area contributed by atoms with Crippen molar-refractivity contribution in [1.29, 1.82) is 0 Å². The highest BCUT2D eigenvalue weighted by atomic mass is 16.5. The molecular formula is C14H28N2O2. The predicted octanol–water partition coefficient (Wildman–Crippen LogP) is 1.11. The van der Waals surface area contributed by atoms with Crippen LogP contribution in [0.3, 0.4) is 0 Å². The number of nitrogens with zero attached hydrogens (tertiary/aromatic N) is 1. The lowest BCUT2D eigenvalue weighted by atomic mass is 9.86. The number of nitrogens with one attached hydrogen (secondary N) is 1. The average molecular weight is 256 g/mol. The second-order valence-corrected chi connectivity index (χ2v) is 5.76. The molecule has 4 nitrogen and oxygen atoms in total. The van der Waals surface area contributed by atoms with Gasteiger partial charge in [0.25, 0.3) is 0 Å². The third-order valence-electron chi connectivity index (χ3n) is 4.23. The summed E-state index contributed by atoms with van der Waals surface area (Å²) in [7, 11) is 2.04. The Morgan fingerprint density at radius 1 is 1.39 bits per heavy atom. The van der Waals surface area contributed by atoms with Crippen LogP contribution in [0.25, 0.3) is 0 Å². The van der Waals surface area contributed by atoms with Gasteiger partial charge in [0.05, 0.1) is 12.7 Å². The molecule has 0 aromatic heterocycles. The van der Waals surface area contributed by atoms with Crippen LogP contribution in [0.15, 0.2) is 0 Å². The van der Waals surface area contributed by atoms with Crippen LogP contribution in [0.2, 0.25) is 0 Å². The maximum absolute atomic E-state index is 5.71. The standard InChI is InChI=1S/C14H28N2O2/c1-3-18-13-4-7-16(8-5-13)11-14(10-15-2)6-9-17-12-14/h13,15H,3-12H2,1-2H3. The monoisotopic (exact) mass is 256 g/mol. The summed E-state index contributed by atoms with van der Waals surface area (Å²) in [5, 5.41) is 3.34. The normalized spacial score (nSPS) is 31.0. The zero-order valence-electron chi connectivity index (χ0n) is 11.9.